The Morgan fingerprint density at radius 3 is 2.70 bits per heavy atom. The van der Waals surface area contributed by atoms with Gasteiger partial charge in [-0.05, 0) is 44.6 Å². The molecule has 5 heteroatoms. The molecule has 0 aromatic heterocycles. The summed E-state index contributed by atoms with van der Waals surface area (Å²) in [5, 5.41) is 0.739. The first kappa shape index (κ1) is 15.7. The second-order valence-corrected chi connectivity index (χ2v) is 6.30. The Morgan fingerprint density at radius 2 is 2.10 bits per heavy atom. The van der Waals surface area contributed by atoms with E-state index in [0.717, 1.165) is 35.8 Å². The summed E-state index contributed by atoms with van der Waals surface area (Å²) in [6, 6.07) is 5.81. The molecule has 0 aliphatic carbocycles. The third-order valence-corrected chi connectivity index (χ3v) is 4.36. The molecule has 2 N–H and O–H groups in total. The molecule has 0 unspecified atom stereocenters. The number of hydrogen-bond donors (Lipinski definition) is 1. The van der Waals surface area contributed by atoms with Gasteiger partial charge in [-0.15, -0.1) is 0 Å². The van der Waals surface area contributed by atoms with Gasteiger partial charge in [-0.3, -0.25) is 0 Å². The molecule has 0 saturated carbocycles. The summed E-state index contributed by atoms with van der Waals surface area (Å²) in [5.41, 5.74) is 7.56. The number of rotatable bonds is 6. The van der Waals surface area contributed by atoms with Gasteiger partial charge in [0.15, 0.2) is 0 Å². The predicted molar refractivity (Wildman–Crippen MR) is 89.3 cm³/mol. The van der Waals surface area contributed by atoms with Crippen molar-refractivity contribution in [1.29, 1.82) is 0 Å². The fourth-order valence-corrected chi connectivity index (χ4v) is 2.88. The molecule has 0 amide bonds. The maximum Gasteiger partial charge on any atom is 0.104 e. The summed E-state index contributed by atoms with van der Waals surface area (Å²) in [6.07, 6.45) is 2.69. The van der Waals surface area contributed by atoms with Gasteiger partial charge in [0.1, 0.15) is 4.99 Å². The first-order valence-corrected chi connectivity index (χ1v) is 7.84. The highest BCUT2D eigenvalue weighted by molar-refractivity contribution is 7.80. The zero-order valence-corrected chi connectivity index (χ0v) is 13.5. The lowest BCUT2D eigenvalue weighted by molar-refractivity contribution is 0.252. The number of nitrogens with zero attached hydrogens (tertiary/aromatic N) is 2. The van der Waals surface area contributed by atoms with Gasteiger partial charge in [-0.1, -0.05) is 36.0 Å². The average Bonchev–Trinajstić information content (AvgIpc) is 2.91. The third-order valence-electron chi connectivity index (χ3n) is 3.77. The van der Waals surface area contributed by atoms with Crippen LogP contribution in [0.3, 0.4) is 0 Å². The lowest BCUT2D eigenvalue weighted by atomic mass is 10.1. The molecule has 1 aliphatic rings. The molecule has 0 bridgehead atoms. The van der Waals surface area contributed by atoms with Crippen LogP contribution in [0.4, 0.5) is 0 Å². The monoisotopic (exact) mass is 311 g/mol. The van der Waals surface area contributed by atoms with E-state index in [4.69, 9.17) is 29.6 Å². The van der Waals surface area contributed by atoms with E-state index in [2.05, 4.69) is 16.8 Å². The van der Waals surface area contributed by atoms with E-state index in [0.29, 0.717) is 4.99 Å². The molecule has 1 fully saturated rings. The molecule has 0 spiro atoms. The second kappa shape index (κ2) is 7.36. The number of nitrogens with two attached hydrogens (primary N) is 1. The van der Waals surface area contributed by atoms with E-state index in [1.54, 1.807) is 0 Å². The van der Waals surface area contributed by atoms with Gasteiger partial charge in [0.05, 0.1) is 0 Å². The van der Waals surface area contributed by atoms with Crippen LogP contribution in [0, 0.1) is 0 Å². The van der Waals surface area contributed by atoms with Crippen LogP contribution in [0.5, 0.6) is 0 Å². The molecule has 1 heterocycles. The van der Waals surface area contributed by atoms with Gasteiger partial charge in [0.2, 0.25) is 0 Å². The highest BCUT2D eigenvalue weighted by atomic mass is 35.5. The Balaban J connectivity index is 1.86. The van der Waals surface area contributed by atoms with Gasteiger partial charge in [0, 0.05) is 30.2 Å². The van der Waals surface area contributed by atoms with Gasteiger partial charge < -0.3 is 15.5 Å². The Morgan fingerprint density at radius 1 is 1.40 bits per heavy atom. The standard InChI is InChI=1S/C15H22ClN3S/c1-18(8-9-19-6-2-3-7-19)11-13-5-4-12(15(17)20)10-14(13)16/h4-5,10H,2-3,6-9,11H2,1H3,(H2,17,20). The summed E-state index contributed by atoms with van der Waals surface area (Å²) in [6.45, 7) is 5.55. The van der Waals surface area contributed by atoms with Crippen molar-refractivity contribution >= 4 is 28.8 Å². The maximum atomic E-state index is 6.29. The van der Waals surface area contributed by atoms with Crippen LogP contribution in [0.25, 0.3) is 0 Å². The Kier molecular flexibility index (Phi) is 5.78. The van der Waals surface area contributed by atoms with Crippen molar-refractivity contribution < 1.29 is 0 Å². The fraction of sp³-hybridized carbons (Fsp3) is 0.533. The lowest BCUT2D eigenvalue weighted by Crippen LogP contribution is -2.31. The number of hydrogen-bond acceptors (Lipinski definition) is 3. The normalized spacial score (nSPS) is 15.9. The average molecular weight is 312 g/mol. The van der Waals surface area contributed by atoms with E-state index in [-0.39, 0.29) is 0 Å². The molecule has 1 aromatic carbocycles. The largest absolute Gasteiger partial charge is 0.389 e. The van der Waals surface area contributed by atoms with E-state index in [1.807, 2.05) is 18.2 Å². The zero-order valence-electron chi connectivity index (χ0n) is 11.9. The van der Waals surface area contributed by atoms with Gasteiger partial charge in [-0.2, -0.15) is 0 Å². The molecular weight excluding hydrogens is 290 g/mol. The van der Waals surface area contributed by atoms with Crippen molar-refractivity contribution in [2.75, 3.05) is 33.2 Å². The number of likely N-dealkylation sites (tertiary alicyclic amines) is 1. The van der Waals surface area contributed by atoms with Crippen LogP contribution in [0.15, 0.2) is 18.2 Å². The quantitative estimate of drug-likeness (QED) is 0.818. The summed E-state index contributed by atoms with van der Waals surface area (Å²) in [7, 11) is 2.13. The molecule has 0 radical (unpaired) electrons. The smallest absolute Gasteiger partial charge is 0.104 e. The second-order valence-electron chi connectivity index (χ2n) is 5.46. The van der Waals surface area contributed by atoms with E-state index in [1.165, 1.54) is 25.9 Å². The van der Waals surface area contributed by atoms with Gasteiger partial charge in [-0.25, -0.2) is 0 Å². The van der Waals surface area contributed by atoms with Crippen molar-refractivity contribution in [3.63, 3.8) is 0 Å². The van der Waals surface area contributed by atoms with Gasteiger partial charge in [0.25, 0.3) is 0 Å². The number of likely N-dealkylation sites (N-methyl/N-ethyl adjacent to an activating group) is 1. The molecule has 110 valence electrons. The van der Waals surface area contributed by atoms with Crippen LogP contribution in [0.1, 0.15) is 24.0 Å². The summed E-state index contributed by atoms with van der Waals surface area (Å²) in [5.74, 6) is 0. The highest BCUT2D eigenvalue weighted by Crippen LogP contribution is 2.19. The fourth-order valence-electron chi connectivity index (χ4n) is 2.52. The first-order valence-electron chi connectivity index (χ1n) is 7.05. The number of benzene rings is 1. The molecular formula is C15H22ClN3S. The van der Waals surface area contributed by atoms with Crippen LogP contribution < -0.4 is 5.73 Å². The molecule has 1 aromatic rings. The van der Waals surface area contributed by atoms with Crippen LogP contribution in [-0.4, -0.2) is 48.0 Å². The Bertz CT molecular complexity index is 472. The van der Waals surface area contributed by atoms with Crippen LogP contribution in [0.2, 0.25) is 5.02 Å². The predicted octanol–water partition coefficient (Wildman–Crippen LogP) is 2.50. The molecule has 20 heavy (non-hydrogen) atoms. The van der Waals surface area contributed by atoms with Crippen molar-refractivity contribution in [3.8, 4) is 0 Å². The molecule has 1 saturated heterocycles. The molecule has 0 atom stereocenters. The summed E-state index contributed by atoms with van der Waals surface area (Å²) in [4.78, 5) is 5.22. The molecule has 1 aliphatic heterocycles. The van der Waals surface area contributed by atoms with Crippen molar-refractivity contribution in [3.05, 3.63) is 34.3 Å². The van der Waals surface area contributed by atoms with Crippen molar-refractivity contribution in [2.45, 2.75) is 19.4 Å². The number of halogens is 1. The van der Waals surface area contributed by atoms with E-state index in [9.17, 15) is 0 Å². The van der Waals surface area contributed by atoms with Crippen molar-refractivity contribution in [1.82, 2.24) is 9.80 Å². The van der Waals surface area contributed by atoms with Crippen molar-refractivity contribution in [2.24, 2.45) is 5.73 Å². The highest BCUT2D eigenvalue weighted by Gasteiger charge is 2.12. The van der Waals surface area contributed by atoms with Crippen LogP contribution in [-0.2, 0) is 6.54 Å². The summed E-state index contributed by atoms with van der Waals surface area (Å²) < 4.78 is 0. The Labute approximate surface area is 131 Å². The van der Waals surface area contributed by atoms with Crippen LogP contribution >= 0.6 is 23.8 Å². The maximum absolute atomic E-state index is 6.29. The van der Waals surface area contributed by atoms with Gasteiger partial charge >= 0.3 is 0 Å². The lowest BCUT2D eigenvalue weighted by Gasteiger charge is -2.21. The zero-order chi connectivity index (χ0) is 14.5. The Hall–Kier alpha value is -0.680. The summed E-state index contributed by atoms with van der Waals surface area (Å²) >= 11 is 11.3. The molecule has 2 rings (SSSR count). The SMILES string of the molecule is CN(CCN1CCCC1)Cc1ccc(C(N)=S)cc1Cl. The van der Waals surface area contributed by atoms with E-state index < -0.39 is 0 Å². The number of thiocarbonyl (C=S) groups is 1. The minimum Gasteiger partial charge on any atom is -0.389 e. The minimum absolute atomic E-state index is 0.390. The third kappa shape index (κ3) is 4.42. The minimum atomic E-state index is 0.390. The molecule has 3 nitrogen and oxygen atoms in total. The first-order chi connectivity index (χ1) is 9.56. The topological polar surface area (TPSA) is 32.5 Å². The van der Waals surface area contributed by atoms with E-state index >= 15 is 0 Å².